The van der Waals surface area contributed by atoms with Crippen LogP contribution in [0.5, 0.6) is 0 Å². The molecular weight excluding hydrogens is 687 g/mol. The largest absolute Gasteiger partial charge is 0.208 e. The topological polar surface area (TPSA) is 38.7 Å². The maximum atomic E-state index is 5.24. The normalized spacial score (nSPS) is 12.0. The van der Waals surface area contributed by atoms with E-state index in [1.54, 1.807) is 0 Å². The third kappa shape index (κ3) is 4.65. The third-order valence-corrected chi connectivity index (χ3v) is 12.4. The van der Waals surface area contributed by atoms with E-state index in [0.29, 0.717) is 17.5 Å². The van der Waals surface area contributed by atoms with Crippen LogP contribution in [-0.2, 0) is 0 Å². The molecule has 0 saturated carbocycles. The van der Waals surface area contributed by atoms with Crippen LogP contribution >= 0.6 is 11.3 Å². The Hall–Kier alpha value is -7.01. The summed E-state index contributed by atoms with van der Waals surface area (Å²) in [5, 5.41) is 9.87. The van der Waals surface area contributed by atoms with Crippen LogP contribution in [0.3, 0.4) is 0 Å². The molecule has 0 spiro atoms. The first-order valence-corrected chi connectivity index (χ1v) is 19.4. The summed E-state index contributed by atoms with van der Waals surface area (Å²) in [6.45, 7) is 0. The highest BCUT2D eigenvalue weighted by atomic mass is 32.1. The van der Waals surface area contributed by atoms with Gasteiger partial charge in [0.25, 0.3) is 0 Å². The Kier molecular flexibility index (Phi) is 6.50. The second-order valence-electron chi connectivity index (χ2n) is 14.3. The van der Waals surface area contributed by atoms with Crippen LogP contribution in [0.15, 0.2) is 176 Å². The first-order valence-electron chi connectivity index (χ1n) is 18.6. The fraction of sp³-hybridized carbons (Fsp3) is 0. The fourth-order valence-electron chi connectivity index (χ4n) is 8.71. The van der Waals surface area contributed by atoms with Crippen LogP contribution in [-0.4, -0.2) is 15.0 Å². The van der Waals surface area contributed by atoms with Gasteiger partial charge in [-0.3, -0.25) is 0 Å². The predicted molar refractivity (Wildman–Crippen MR) is 231 cm³/mol. The van der Waals surface area contributed by atoms with Crippen molar-refractivity contribution in [1.82, 2.24) is 15.0 Å². The zero-order valence-corrected chi connectivity index (χ0v) is 30.3. The minimum atomic E-state index is 0.647. The molecule has 0 amide bonds. The molecule has 1 aliphatic carbocycles. The molecular formula is C51H29N3S. The van der Waals surface area contributed by atoms with Gasteiger partial charge in [-0.1, -0.05) is 146 Å². The summed E-state index contributed by atoms with van der Waals surface area (Å²) in [6, 6.07) is 63.1. The maximum absolute atomic E-state index is 5.24. The summed E-state index contributed by atoms with van der Waals surface area (Å²) < 4.78 is 2.62. The Bertz CT molecular complexity index is 3380. The average molecular weight is 716 g/mol. The Labute approximate surface area is 320 Å². The molecule has 0 bridgehead atoms. The van der Waals surface area contributed by atoms with Crippen molar-refractivity contribution in [3.8, 4) is 67.5 Å². The molecule has 2 heterocycles. The highest BCUT2D eigenvalue weighted by Gasteiger charge is 2.28. The van der Waals surface area contributed by atoms with Gasteiger partial charge in [-0.15, -0.1) is 11.3 Å². The molecule has 0 unspecified atom stereocenters. The minimum absolute atomic E-state index is 0.647. The monoisotopic (exact) mass is 715 g/mol. The van der Waals surface area contributed by atoms with Gasteiger partial charge in [-0.2, -0.15) is 0 Å². The van der Waals surface area contributed by atoms with E-state index in [1.165, 1.54) is 75.1 Å². The molecule has 9 aromatic carbocycles. The molecule has 0 aliphatic heterocycles. The molecule has 55 heavy (non-hydrogen) atoms. The maximum Gasteiger partial charge on any atom is 0.164 e. The summed E-state index contributed by atoms with van der Waals surface area (Å²) in [4.78, 5) is 15.5. The molecule has 0 saturated heterocycles. The lowest BCUT2D eigenvalue weighted by Crippen LogP contribution is -2.00. The lowest BCUT2D eigenvalue weighted by atomic mass is 9.89. The van der Waals surface area contributed by atoms with E-state index in [1.807, 2.05) is 29.5 Å². The number of hydrogen-bond acceptors (Lipinski definition) is 4. The van der Waals surface area contributed by atoms with E-state index in [0.717, 1.165) is 27.5 Å². The highest BCUT2D eigenvalue weighted by molar-refractivity contribution is 7.26. The first-order chi connectivity index (χ1) is 27.2. The van der Waals surface area contributed by atoms with Gasteiger partial charge < -0.3 is 0 Å². The Morgan fingerprint density at radius 1 is 0.327 bits per heavy atom. The molecule has 254 valence electrons. The van der Waals surface area contributed by atoms with Crippen molar-refractivity contribution < 1.29 is 0 Å². The Morgan fingerprint density at radius 3 is 1.80 bits per heavy atom. The standard InChI is InChI=1S/C51H29N3S/c1-2-13-32(14-3-1)49-52-50(35-25-24-30-12-4-5-15-33(30)26-35)54-51(53-49)36-27-34-16-6-7-19-37(34)41(28-36)43-29-42-38-21-10-17-31-18-11-22-40(45(31)38)47(42)48-46(43)39-20-8-9-23-44(39)55-48/h1-29H. The number of aromatic nitrogens is 3. The van der Waals surface area contributed by atoms with Crippen LogP contribution in [0.25, 0.3) is 120 Å². The second kappa shape index (κ2) is 11.7. The van der Waals surface area contributed by atoms with Gasteiger partial charge in [0, 0.05) is 42.4 Å². The number of rotatable bonds is 4. The Morgan fingerprint density at radius 2 is 0.964 bits per heavy atom. The molecule has 0 atom stereocenters. The molecule has 0 fully saturated rings. The molecule has 11 aromatic rings. The summed E-state index contributed by atoms with van der Waals surface area (Å²) >= 11 is 1.90. The van der Waals surface area contributed by atoms with Crippen molar-refractivity contribution >= 4 is 63.8 Å². The van der Waals surface area contributed by atoms with E-state index in [4.69, 9.17) is 15.0 Å². The van der Waals surface area contributed by atoms with Crippen molar-refractivity contribution in [3.05, 3.63) is 176 Å². The molecule has 0 radical (unpaired) electrons. The minimum Gasteiger partial charge on any atom is -0.208 e. The summed E-state index contributed by atoms with van der Waals surface area (Å²) in [7, 11) is 0. The number of hydrogen-bond donors (Lipinski definition) is 0. The second-order valence-corrected chi connectivity index (χ2v) is 15.4. The van der Waals surface area contributed by atoms with Crippen molar-refractivity contribution in [2.75, 3.05) is 0 Å². The van der Waals surface area contributed by atoms with E-state index in [2.05, 4.69) is 158 Å². The van der Waals surface area contributed by atoms with E-state index in [9.17, 15) is 0 Å². The van der Waals surface area contributed by atoms with E-state index < -0.39 is 0 Å². The van der Waals surface area contributed by atoms with Crippen LogP contribution in [0.2, 0.25) is 0 Å². The molecule has 4 heteroatoms. The van der Waals surface area contributed by atoms with Crippen molar-refractivity contribution in [2.24, 2.45) is 0 Å². The van der Waals surface area contributed by atoms with Gasteiger partial charge in [-0.25, -0.2) is 15.0 Å². The molecule has 0 N–H and O–H groups in total. The van der Waals surface area contributed by atoms with Gasteiger partial charge in [0.05, 0.1) is 0 Å². The number of nitrogens with zero attached hydrogens (tertiary/aromatic N) is 3. The van der Waals surface area contributed by atoms with Crippen LogP contribution in [0.4, 0.5) is 0 Å². The van der Waals surface area contributed by atoms with Gasteiger partial charge in [0.1, 0.15) is 0 Å². The van der Waals surface area contributed by atoms with Gasteiger partial charge in [-0.05, 0) is 90.5 Å². The number of benzene rings is 9. The summed E-state index contributed by atoms with van der Waals surface area (Å²) in [5.41, 5.74) is 10.5. The lowest BCUT2D eigenvalue weighted by molar-refractivity contribution is 1.08. The van der Waals surface area contributed by atoms with Crippen molar-refractivity contribution in [1.29, 1.82) is 0 Å². The number of thiophene rings is 1. The van der Waals surface area contributed by atoms with Crippen LogP contribution in [0.1, 0.15) is 0 Å². The van der Waals surface area contributed by atoms with Crippen molar-refractivity contribution in [3.63, 3.8) is 0 Å². The van der Waals surface area contributed by atoms with E-state index in [-0.39, 0.29) is 0 Å². The summed E-state index contributed by atoms with van der Waals surface area (Å²) in [5.74, 6) is 1.95. The quantitative estimate of drug-likeness (QED) is 0.182. The van der Waals surface area contributed by atoms with Gasteiger partial charge in [0.15, 0.2) is 17.5 Å². The van der Waals surface area contributed by atoms with E-state index >= 15 is 0 Å². The third-order valence-electron chi connectivity index (χ3n) is 11.2. The van der Waals surface area contributed by atoms with Crippen molar-refractivity contribution in [2.45, 2.75) is 0 Å². The number of fused-ring (bicyclic) bond motifs is 9. The zero-order valence-electron chi connectivity index (χ0n) is 29.5. The smallest absolute Gasteiger partial charge is 0.164 e. The van der Waals surface area contributed by atoms with Gasteiger partial charge >= 0.3 is 0 Å². The van der Waals surface area contributed by atoms with Crippen LogP contribution < -0.4 is 0 Å². The van der Waals surface area contributed by atoms with Crippen LogP contribution in [0, 0.1) is 0 Å². The average Bonchev–Trinajstić information content (AvgIpc) is 3.80. The highest BCUT2D eigenvalue weighted by Crippen LogP contribution is 2.56. The molecule has 2 aromatic heterocycles. The molecule has 1 aliphatic rings. The fourth-order valence-corrected chi connectivity index (χ4v) is 10.00. The summed E-state index contributed by atoms with van der Waals surface area (Å²) in [6.07, 6.45) is 0. The molecule has 12 rings (SSSR count). The zero-order chi connectivity index (χ0) is 36.0. The lowest BCUT2D eigenvalue weighted by Gasteiger charge is -2.15. The SMILES string of the molecule is c1ccc(-c2nc(-c3ccc4ccccc4c3)nc(-c3cc(-c4cc5c(c6sc7ccccc7c46)-c4cccc6cccc-5c46)c4ccccc4c3)n2)cc1. The van der Waals surface area contributed by atoms with Gasteiger partial charge in [0.2, 0.25) is 0 Å². The Balaban J connectivity index is 1.15. The molecule has 3 nitrogen and oxygen atoms in total. The first kappa shape index (κ1) is 30.5. The predicted octanol–water partition coefficient (Wildman–Crippen LogP) is 14.0.